The quantitative estimate of drug-likeness (QED) is 0.664. The Morgan fingerprint density at radius 3 is 3.08 bits per heavy atom. The largest absolute Gasteiger partial charge is 0.472 e. The Hall–Kier alpha value is -1.13. The van der Waals surface area contributed by atoms with E-state index in [0.717, 1.165) is 0 Å². The van der Waals surface area contributed by atoms with E-state index in [2.05, 4.69) is 0 Å². The minimum Gasteiger partial charge on any atom is -0.472 e. The number of rotatable bonds is 4. The standard InChI is InChI=1S/C8H11NO3/c1-11-5-7(9)8(10)6-2-3-12-4-6/h2-4,7H,5,9H2,1H3. The molecule has 66 valence electrons. The second-order valence-electron chi connectivity index (χ2n) is 2.44. The second-order valence-corrected chi connectivity index (χ2v) is 2.44. The van der Waals surface area contributed by atoms with Crippen LogP contribution in [0.5, 0.6) is 0 Å². The molecule has 0 amide bonds. The van der Waals surface area contributed by atoms with E-state index in [-0.39, 0.29) is 12.4 Å². The molecule has 12 heavy (non-hydrogen) atoms. The number of carbonyl (C=O) groups is 1. The maximum Gasteiger partial charge on any atom is 0.185 e. The molecule has 1 aromatic heterocycles. The molecular weight excluding hydrogens is 158 g/mol. The van der Waals surface area contributed by atoms with Crippen LogP contribution >= 0.6 is 0 Å². The van der Waals surface area contributed by atoms with Crippen molar-refractivity contribution in [2.45, 2.75) is 6.04 Å². The van der Waals surface area contributed by atoms with Gasteiger partial charge in [0.05, 0.1) is 24.5 Å². The summed E-state index contributed by atoms with van der Waals surface area (Å²) in [6.07, 6.45) is 2.81. The number of ketones is 1. The van der Waals surface area contributed by atoms with E-state index < -0.39 is 6.04 Å². The van der Waals surface area contributed by atoms with Crippen molar-refractivity contribution in [3.63, 3.8) is 0 Å². The summed E-state index contributed by atoms with van der Waals surface area (Å²) < 4.78 is 9.49. The zero-order chi connectivity index (χ0) is 8.97. The van der Waals surface area contributed by atoms with E-state index in [1.165, 1.54) is 19.6 Å². The lowest BCUT2D eigenvalue weighted by Crippen LogP contribution is -2.34. The molecule has 2 N–H and O–H groups in total. The molecule has 0 aromatic carbocycles. The number of ether oxygens (including phenoxy) is 1. The van der Waals surface area contributed by atoms with Crippen LogP contribution in [0.4, 0.5) is 0 Å². The Labute approximate surface area is 70.3 Å². The number of Topliss-reactive ketones (excluding diaryl/α,β-unsaturated/α-hetero) is 1. The first-order valence-electron chi connectivity index (χ1n) is 3.56. The van der Waals surface area contributed by atoms with Crippen molar-refractivity contribution < 1.29 is 13.9 Å². The summed E-state index contributed by atoms with van der Waals surface area (Å²) >= 11 is 0. The monoisotopic (exact) mass is 169 g/mol. The highest BCUT2D eigenvalue weighted by Gasteiger charge is 2.15. The molecule has 4 nitrogen and oxygen atoms in total. The molecule has 0 aliphatic rings. The van der Waals surface area contributed by atoms with Gasteiger partial charge in [-0.15, -0.1) is 0 Å². The molecular formula is C8H11NO3. The number of nitrogens with two attached hydrogens (primary N) is 1. The molecule has 0 spiro atoms. The summed E-state index contributed by atoms with van der Waals surface area (Å²) in [6.45, 7) is 0.226. The predicted octanol–water partition coefficient (Wildman–Crippen LogP) is 0.436. The smallest absolute Gasteiger partial charge is 0.185 e. The topological polar surface area (TPSA) is 65.5 Å². The van der Waals surface area contributed by atoms with Crippen molar-refractivity contribution in [1.82, 2.24) is 0 Å². The molecule has 0 saturated carbocycles. The van der Waals surface area contributed by atoms with Crippen molar-refractivity contribution in [2.24, 2.45) is 5.73 Å². The van der Waals surface area contributed by atoms with E-state index in [9.17, 15) is 4.79 Å². The molecule has 1 aromatic rings. The predicted molar refractivity (Wildman–Crippen MR) is 42.9 cm³/mol. The van der Waals surface area contributed by atoms with Crippen molar-refractivity contribution in [3.05, 3.63) is 24.2 Å². The summed E-state index contributed by atoms with van der Waals surface area (Å²) in [4.78, 5) is 11.3. The normalized spacial score (nSPS) is 12.8. The van der Waals surface area contributed by atoms with Gasteiger partial charge in [-0.05, 0) is 6.07 Å². The van der Waals surface area contributed by atoms with Gasteiger partial charge in [-0.2, -0.15) is 0 Å². The molecule has 1 heterocycles. The van der Waals surface area contributed by atoms with Gasteiger partial charge in [0.2, 0.25) is 0 Å². The maximum atomic E-state index is 11.3. The Bertz CT molecular complexity index is 243. The molecule has 0 bridgehead atoms. The molecule has 1 unspecified atom stereocenters. The third-order valence-corrected chi connectivity index (χ3v) is 1.49. The van der Waals surface area contributed by atoms with E-state index >= 15 is 0 Å². The van der Waals surface area contributed by atoms with Gasteiger partial charge >= 0.3 is 0 Å². The Balaban J connectivity index is 2.59. The molecule has 0 radical (unpaired) electrons. The van der Waals surface area contributed by atoms with Gasteiger partial charge < -0.3 is 14.9 Å². The van der Waals surface area contributed by atoms with Gasteiger partial charge in [0, 0.05) is 7.11 Å². The van der Waals surface area contributed by atoms with Gasteiger partial charge in [0.25, 0.3) is 0 Å². The lowest BCUT2D eigenvalue weighted by molar-refractivity contribution is 0.0891. The number of hydrogen-bond acceptors (Lipinski definition) is 4. The minimum absolute atomic E-state index is 0.161. The summed E-state index contributed by atoms with van der Waals surface area (Å²) in [7, 11) is 1.50. The SMILES string of the molecule is COCC(N)C(=O)c1ccoc1. The number of hydrogen-bond donors (Lipinski definition) is 1. The number of methoxy groups -OCH3 is 1. The second kappa shape index (κ2) is 4.04. The zero-order valence-electron chi connectivity index (χ0n) is 6.82. The zero-order valence-corrected chi connectivity index (χ0v) is 6.82. The first-order valence-corrected chi connectivity index (χ1v) is 3.56. The van der Waals surface area contributed by atoms with E-state index in [4.69, 9.17) is 14.9 Å². The number of carbonyl (C=O) groups excluding carboxylic acids is 1. The summed E-state index contributed by atoms with van der Waals surface area (Å²) in [5, 5.41) is 0. The molecule has 0 aliphatic carbocycles. The highest BCUT2D eigenvalue weighted by atomic mass is 16.5. The Morgan fingerprint density at radius 1 is 1.83 bits per heavy atom. The van der Waals surface area contributed by atoms with Crippen LogP contribution in [0.15, 0.2) is 23.0 Å². The average Bonchev–Trinajstić information content (AvgIpc) is 2.55. The highest BCUT2D eigenvalue weighted by Crippen LogP contribution is 2.03. The third-order valence-electron chi connectivity index (χ3n) is 1.49. The molecule has 1 rings (SSSR count). The Kier molecular flexibility index (Phi) is 3.01. The van der Waals surface area contributed by atoms with Crippen LogP contribution in [-0.2, 0) is 4.74 Å². The lowest BCUT2D eigenvalue weighted by Gasteiger charge is -2.06. The minimum atomic E-state index is -0.604. The van der Waals surface area contributed by atoms with Crippen LogP contribution in [0, 0.1) is 0 Å². The van der Waals surface area contributed by atoms with Gasteiger partial charge in [-0.25, -0.2) is 0 Å². The Morgan fingerprint density at radius 2 is 2.58 bits per heavy atom. The van der Waals surface area contributed by atoms with Crippen molar-refractivity contribution in [3.8, 4) is 0 Å². The fourth-order valence-corrected chi connectivity index (χ4v) is 0.874. The van der Waals surface area contributed by atoms with Crippen LogP contribution in [0.25, 0.3) is 0 Å². The molecule has 0 aliphatic heterocycles. The molecule has 4 heteroatoms. The summed E-state index contributed by atoms with van der Waals surface area (Å²) in [5.74, 6) is -0.161. The fraction of sp³-hybridized carbons (Fsp3) is 0.375. The van der Waals surface area contributed by atoms with Gasteiger partial charge in [0.1, 0.15) is 6.26 Å². The molecule has 0 fully saturated rings. The van der Waals surface area contributed by atoms with Crippen molar-refractivity contribution in [1.29, 1.82) is 0 Å². The van der Waals surface area contributed by atoms with Crippen LogP contribution in [0.3, 0.4) is 0 Å². The van der Waals surface area contributed by atoms with Crippen LogP contribution in [-0.4, -0.2) is 25.5 Å². The van der Waals surface area contributed by atoms with Crippen LogP contribution in [0.1, 0.15) is 10.4 Å². The summed E-state index contributed by atoms with van der Waals surface area (Å²) in [5.41, 5.74) is 5.99. The third kappa shape index (κ3) is 1.93. The molecule has 1 atom stereocenters. The van der Waals surface area contributed by atoms with E-state index in [1.807, 2.05) is 0 Å². The summed E-state index contributed by atoms with van der Waals surface area (Å²) in [6, 6.07) is 0.977. The van der Waals surface area contributed by atoms with Crippen molar-refractivity contribution in [2.75, 3.05) is 13.7 Å². The van der Waals surface area contributed by atoms with Crippen LogP contribution < -0.4 is 5.73 Å². The van der Waals surface area contributed by atoms with Crippen molar-refractivity contribution >= 4 is 5.78 Å². The average molecular weight is 169 g/mol. The number of furan rings is 1. The van der Waals surface area contributed by atoms with E-state index in [0.29, 0.717) is 5.56 Å². The van der Waals surface area contributed by atoms with Gasteiger partial charge in [-0.1, -0.05) is 0 Å². The van der Waals surface area contributed by atoms with E-state index in [1.54, 1.807) is 6.07 Å². The maximum absolute atomic E-state index is 11.3. The molecule has 0 saturated heterocycles. The first-order chi connectivity index (χ1) is 5.75. The fourth-order valence-electron chi connectivity index (χ4n) is 0.874. The lowest BCUT2D eigenvalue weighted by atomic mass is 10.1. The van der Waals surface area contributed by atoms with Crippen LogP contribution in [0.2, 0.25) is 0 Å². The first kappa shape index (κ1) is 8.96. The van der Waals surface area contributed by atoms with Gasteiger partial charge in [-0.3, -0.25) is 4.79 Å². The van der Waals surface area contributed by atoms with Gasteiger partial charge in [0.15, 0.2) is 5.78 Å². The highest BCUT2D eigenvalue weighted by molar-refractivity contribution is 5.99.